The van der Waals surface area contributed by atoms with E-state index in [1.54, 1.807) is 0 Å². The van der Waals surface area contributed by atoms with Crippen molar-refractivity contribution in [3.05, 3.63) is 11.9 Å². The van der Waals surface area contributed by atoms with Gasteiger partial charge in [-0.15, -0.1) is 5.10 Å². The number of ketones is 1. The topological polar surface area (TPSA) is 103 Å². The number of rotatable bonds is 6. The molecule has 0 aliphatic heterocycles. The van der Waals surface area contributed by atoms with Crippen LogP contribution in [0.15, 0.2) is 6.20 Å². The normalized spacial score (nSPS) is 12.1. The van der Waals surface area contributed by atoms with Crippen molar-refractivity contribution in [3.8, 4) is 0 Å². The van der Waals surface area contributed by atoms with Crippen LogP contribution in [0.4, 0.5) is 0 Å². The molecule has 0 radical (unpaired) electrons. The first kappa shape index (κ1) is 15.8. The molecule has 1 atom stereocenters. The number of nitrogens with one attached hydrogen (secondary N) is 1. The third-order valence-corrected chi connectivity index (χ3v) is 2.66. The summed E-state index contributed by atoms with van der Waals surface area (Å²) in [5.74, 6) is -1.11. The summed E-state index contributed by atoms with van der Waals surface area (Å²) in [7, 11) is 1.23. The zero-order valence-corrected chi connectivity index (χ0v) is 11.9. The lowest BCUT2D eigenvalue weighted by Gasteiger charge is -2.19. The van der Waals surface area contributed by atoms with Crippen LogP contribution in [0.25, 0.3) is 0 Å². The first-order valence-electron chi connectivity index (χ1n) is 6.13. The van der Waals surface area contributed by atoms with E-state index in [4.69, 9.17) is 0 Å². The minimum Gasteiger partial charge on any atom is -0.464 e. The Hall–Kier alpha value is -2.25. The number of methoxy groups -OCH3 is 1. The second kappa shape index (κ2) is 6.78. The van der Waals surface area contributed by atoms with Crippen molar-refractivity contribution in [2.75, 3.05) is 7.11 Å². The highest BCUT2D eigenvalue weighted by molar-refractivity contribution is 5.88. The van der Waals surface area contributed by atoms with Gasteiger partial charge in [-0.05, 0) is 12.8 Å². The fourth-order valence-electron chi connectivity index (χ4n) is 1.68. The molecule has 0 fully saturated rings. The minimum atomic E-state index is -0.625. The first-order valence-corrected chi connectivity index (χ1v) is 6.13. The zero-order chi connectivity index (χ0) is 15.3. The van der Waals surface area contributed by atoms with Crippen LogP contribution in [0.2, 0.25) is 0 Å². The number of amides is 1. The summed E-state index contributed by atoms with van der Waals surface area (Å²) < 4.78 is 5.69. The Labute approximate surface area is 116 Å². The van der Waals surface area contributed by atoms with Crippen LogP contribution < -0.4 is 5.32 Å². The number of carbonyl (C=O) groups is 3. The molecule has 1 aromatic heterocycles. The lowest BCUT2D eigenvalue weighted by molar-refractivity contribution is -0.128. The van der Waals surface area contributed by atoms with Gasteiger partial charge in [0.05, 0.1) is 19.3 Å². The highest BCUT2D eigenvalue weighted by Crippen LogP contribution is 2.03. The number of ether oxygens (including phenoxy) is 1. The molecule has 0 spiro atoms. The Bertz CT molecular complexity index is 509. The molecular weight excluding hydrogens is 264 g/mol. The average Bonchev–Trinajstić information content (AvgIpc) is 2.82. The highest BCUT2D eigenvalue weighted by Gasteiger charge is 2.21. The van der Waals surface area contributed by atoms with Gasteiger partial charge in [-0.2, -0.15) is 0 Å². The summed E-state index contributed by atoms with van der Waals surface area (Å²) in [5, 5.41) is 9.85. The number of hydrogen-bond donors (Lipinski definition) is 1. The molecule has 1 aromatic rings. The van der Waals surface area contributed by atoms with E-state index in [9.17, 15) is 14.4 Å². The number of carbonyl (C=O) groups excluding carboxylic acids is 3. The summed E-state index contributed by atoms with van der Waals surface area (Å²) in [6.45, 7) is 4.99. The first-order chi connectivity index (χ1) is 9.35. The van der Waals surface area contributed by atoms with Crippen molar-refractivity contribution in [2.45, 2.75) is 33.4 Å². The van der Waals surface area contributed by atoms with E-state index in [0.717, 1.165) is 0 Å². The standard InChI is InChI=1S/C12H18N4O4/c1-7(2)11(8(3)17)13-10(18)6-16-5-9(14-15-16)12(19)20-4/h5,7,11H,6H2,1-4H3,(H,13,18). The Morgan fingerprint density at radius 1 is 1.40 bits per heavy atom. The Morgan fingerprint density at radius 2 is 2.05 bits per heavy atom. The Morgan fingerprint density at radius 3 is 2.55 bits per heavy atom. The van der Waals surface area contributed by atoms with Gasteiger partial charge in [0.1, 0.15) is 6.54 Å². The smallest absolute Gasteiger partial charge is 0.360 e. The maximum absolute atomic E-state index is 11.8. The van der Waals surface area contributed by atoms with Crippen LogP contribution in [-0.2, 0) is 20.9 Å². The van der Waals surface area contributed by atoms with Gasteiger partial charge in [-0.1, -0.05) is 19.1 Å². The molecular formula is C12H18N4O4. The van der Waals surface area contributed by atoms with Gasteiger partial charge in [0.25, 0.3) is 0 Å². The summed E-state index contributed by atoms with van der Waals surface area (Å²) in [6, 6.07) is -0.536. The van der Waals surface area contributed by atoms with Crippen molar-refractivity contribution >= 4 is 17.7 Å². The van der Waals surface area contributed by atoms with Crippen LogP contribution >= 0.6 is 0 Å². The molecule has 0 aliphatic rings. The molecule has 8 nitrogen and oxygen atoms in total. The van der Waals surface area contributed by atoms with E-state index in [0.29, 0.717) is 0 Å². The van der Waals surface area contributed by atoms with Crippen LogP contribution in [0, 0.1) is 5.92 Å². The quantitative estimate of drug-likeness (QED) is 0.724. The maximum Gasteiger partial charge on any atom is 0.360 e. The molecule has 0 saturated heterocycles. The highest BCUT2D eigenvalue weighted by atomic mass is 16.5. The number of nitrogens with zero attached hydrogens (tertiary/aromatic N) is 3. The molecule has 0 aromatic carbocycles. The molecule has 1 N–H and O–H groups in total. The van der Waals surface area contributed by atoms with Crippen molar-refractivity contribution in [1.82, 2.24) is 20.3 Å². The third kappa shape index (κ3) is 4.15. The second-order valence-corrected chi connectivity index (χ2v) is 4.69. The van der Waals surface area contributed by atoms with Gasteiger partial charge >= 0.3 is 5.97 Å². The molecule has 0 aliphatic carbocycles. The van der Waals surface area contributed by atoms with Crippen molar-refractivity contribution < 1.29 is 19.1 Å². The number of Topliss-reactive ketones (excluding diaryl/α,β-unsaturated/α-hetero) is 1. The summed E-state index contributed by atoms with van der Waals surface area (Å²) >= 11 is 0. The summed E-state index contributed by atoms with van der Waals surface area (Å²) in [5.41, 5.74) is 0.0206. The van der Waals surface area contributed by atoms with Gasteiger partial charge < -0.3 is 10.1 Å². The predicted octanol–water partition coefficient (Wildman–Crippen LogP) is -0.206. The fourth-order valence-corrected chi connectivity index (χ4v) is 1.68. The lowest BCUT2D eigenvalue weighted by atomic mass is 10.0. The maximum atomic E-state index is 11.8. The lowest BCUT2D eigenvalue weighted by Crippen LogP contribution is -2.44. The van der Waals surface area contributed by atoms with Crippen LogP contribution in [0.1, 0.15) is 31.3 Å². The van der Waals surface area contributed by atoms with Gasteiger partial charge in [-0.25, -0.2) is 9.48 Å². The monoisotopic (exact) mass is 282 g/mol. The fraction of sp³-hybridized carbons (Fsp3) is 0.583. The van der Waals surface area contributed by atoms with E-state index < -0.39 is 12.0 Å². The van der Waals surface area contributed by atoms with Crippen LogP contribution in [-0.4, -0.2) is 45.8 Å². The van der Waals surface area contributed by atoms with Crippen molar-refractivity contribution in [2.24, 2.45) is 5.92 Å². The molecule has 1 rings (SSSR count). The third-order valence-electron chi connectivity index (χ3n) is 2.66. The summed E-state index contributed by atoms with van der Waals surface area (Å²) in [4.78, 5) is 34.4. The van der Waals surface area contributed by atoms with Gasteiger partial charge in [0.15, 0.2) is 11.5 Å². The average molecular weight is 282 g/mol. The molecule has 110 valence electrons. The van der Waals surface area contributed by atoms with Crippen LogP contribution in [0.5, 0.6) is 0 Å². The van der Waals surface area contributed by atoms with Crippen molar-refractivity contribution in [3.63, 3.8) is 0 Å². The largest absolute Gasteiger partial charge is 0.464 e. The van der Waals surface area contributed by atoms with Gasteiger partial charge in [-0.3, -0.25) is 9.59 Å². The number of esters is 1. The van der Waals surface area contributed by atoms with E-state index in [1.807, 2.05) is 13.8 Å². The zero-order valence-electron chi connectivity index (χ0n) is 11.9. The minimum absolute atomic E-state index is 0.00201. The van der Waals surface area contributed by atoms with E-state index >= 15 is 0 Å². The molecule has 0 saturated carbocycles. The predicted molar refractivity (Wildman–Crippen MR) is 68.8 cm³/mol. The van der Waals surface area contributed by atoms with E-state index in [2.05, 4.69) is 20.4 Å². The SMILES string of the molecule is COC(=O)c1cn(CC(=O)NC(C(C)=O)C(C)C)nn1. The molecule has 1 heterocycles. The van der Waals surface area contributed by atoms with Gasteiger partial charge in [0.2, 0.25) is 5.91 Å². The molecule has 0 bridgehead atoms. The van der Waals surface area contributed by atoms with Crippen LogP contribution in [0.3, 0.4) is 0 Å². The second-order valence-electron chi connectivity index (χ2n) is 4.69. The van der Waals surface area contributed by atoms with E-state index in [1.165, 1.54) is 24.9 Å². The molecule has 20 heavy (non-hydrogen) atoms. The molecule has 1 unspecified atom stereocenters. The molecule has 1 amide bonds. The summed E-state index contributed by atoms with van der Waals surface area (Å²) in [6.07, 6.45) is 1.31. The Balaban J connectivity index is 2.64. The molecule has 8 heteroatoms. The number of aromatic nitrogens is 3. The van der Waals surface area contributed by atoms with Crippen molar-refractivity contribution in [1.29, 1.82) is 0 Å². The van der Waals surface area contributed by atoms with Gasteiger partial charge in [0, 0.05) is 0 Å². The van der Waals surface area contributed by atoms with E-state index in [-0.39, 0.29) is 29.8 Å². The Kier molecular flexibility index (Phi) is 5.36. The number of hydrogen-bond acceptors (Lipinski definition) is 6.